The lowest BCUT2D eigenvalue weighted by Crippen LogP contribution is -2.42. The third-order valence-corrected chi connectivity index (χ3v) is 4.74. The molecule has 108 valence electrons. The zero-order chi connectivity index (χ0) is 14.2. The Morgan fingerprint density at radius 3 is 2.68 bits per heavy atom. The normalized spacial score (nSPS) is 28.4. The van der Waals surface area contributed by atoms with Crippen LogP contribution in [0.25, 0.3) is 0 Å². The molecule has 1 aliphatic rings. The van der Waals surface area contributed by atoms with E-state index in [-0.39, 0.29) is 17.4 Å². The number of methoxy groups -OCH3 is 1. The van der Waals surface area contributed by atoms with Gasteiger partial charge in [-0.05, 0) is 24.7 Å². The van der Waals surface area contributed by atoms with Crippen LogP contribution in [0.15, 0.2) is 6.20 Å². The topological polar surface area (TPSA) is 47.3 Å². The van der Waals surface area contributed by atoms with Crippen molar-refractivity contribution in [1.29, 1.82) is 0 Å². The number of hydrogen-bond acceptors (Lipinski definition) is 3. The Hall–Kier alpha value is -1.03. The molecule has 0 aliphatic heterocycles. The highest BCUT2D eigenvalue weighted by Gasteiger charge is 2.42. The van der Waals surface area contributed by atoms with Crippen molar-refractivity contribution in [1.82, 2.24) is 9.78 Å². The van der Waals surface area contributed by atoms with Crippen LogP contribution in [-0.4, -0.2) is 28.1 Å². The maximum atomic E-state index is 10.5. The summed E-state index contributed by atoms with van der Waals surface area (Å²) in [5, 5.41) is 14.8. The molecule has 1 aromatic rings. The molecule has 1 fully saturated rings. The van der Waals surface area contributed by atoms with E-state index in [2.05, 4.69) is 25.9 Å². The minimum atomic E-state index is -0.238. The first-order valence-electron chi connectivity index (χ1n) is 7.12. The highest BCUT2D eigenvalue weighted by Crippen LogP contribution is 2.44. The Bertz CT molecular complexity index is 439. The molecule has 0 radical (unpaired) electrons. The number of aliphatic hydroxyl groups excluding tert-OH is 1. The fourth-order valence-electron chi connectivity index (χ4n) is 3.67. The number of aryl methyl sites for hydroxylation is 1. The zero-order valence-electron chi connectivity index (χ0n) is 12.7. The molecule has 0 saturated heterocycles. The summed E-state index contributed by atoms with van der Waals surface area (Å²) in [6.07, 6.45) is 4.66. The van der Waals surface area contributed by atoms with Gasteiger partial charge in [-0.25, -0.2) is 0 Å². The van der Waals surface area contributed by atoms with Crippen molar-refractivity contribution in [3.63, 3.8) is 0 Å². The average Bonchev–Trinajstić information content (AvgIpc) is 2.70. The van der Waals surface area contributed by atoms with Crippen LogP contribution in [0.2, 0.25) is 0 Å². The highest BCUT2D eigenvalue weighted by molar-refractivity contribution is 5.32. The number of ether oxygens (including phenoxy) is 1. The monoisotopic (exact) mass is 266 g/mol. The van der Waals surface area contributed by atoms with E-state index in [1.165, 1.54) is 6.42 Å². The molecule has 3 unspecified atom stereocenters. The van der Waals surface area contributed by atoms with Gasteiger partial charge in [0.25, 0.3) is 0 Å². The molecule has 0 amide bonds. The molecule has 0 aromatic carbocycles. The summed E-state index contributed by atoms with van der Waals surface area (Å²) in [4.78, 5) is 0. The van der Waals surface area contributed by atoms with Crippen LogP contribution in [0.5, 0.6) is 5.75 Å². The molecule has 19 heavy (non-hydrogen) atoms. The molecule has 1 heterocycles. The predicted molar refractivity (Wildman–Crippen MR) is 75.3 cm³/mol. The third kappa shape index (κ3) is 2.50. The molecule has 0 spiro atoms. The van der Waals surface area contributed by atoms with E-state index in [1.807, 2.05) is 11.7 Å². The second kappa shape index (κ2) is 5.16. The van der Waals surface area contributed by atoms with Gasteiger partial charge in [0.15, 0.2) is 5.75 Å². The van der Waals surface area contributed by atoms with E-state index in [1.54, 1.807) is 13.3 Å². The number of hydrogen-bond donors (Lipinski definition) is 1. The summed E-state index contributed by atoms with van der Waals surface area (Å²) in [7, 11) is 3.62. The summed E-state index contributed by atoms with van der Waals surface area (Å²) in [6, 6.07) is 0. The van der Waals surface area contributed by atoms with Crippen LogP contribution in [0, 0.1) is 11.8 Å². The van der Waals surface area contributed by atoms with Gasteiger partial charge in [0, 0.05) is 12.5 Å². The standard InChI is InChI=1S/C15H26N2O2/c1-10-6-7-11(12(18)8-10)15(2,3)14-13(19-5)9-16-17(14)4/h9-12,18H,6-8H2,1-5H3. The molecule has 3 atom stereocenters. The van der Waals surface area contributed by atoms with Gasteiger partial charge in [-0.3, -0.25) is 4.68 Å². The summed E-state index contributed by atoms with van der Waals surface area (Å²) in [5.41, 5.74) is 0.935. The van der Waals surface area contributed by atoms with Crippen LogP contribution in [0.1, 0.15) is 45.7 Å². The van der Waals surface area contributed by atoms with Crippen molar-refractivity contribution in [3.05, 3.63) is 11.9 Å². The molecule has 0 bridgehead atoms. The first-order chi connectivity index (χ1) is 8.87. The van der Waals surface area contributed by atoms with Crippen molar-refractivity contribution in [2.24, 2.45) is 18.9 Å². The first kappa shape index (κ1) is 14.4. The van der Waals surface area contributed by atoms with Gasteiger partial charge >= 0.3 is 0 Å². The van der Waals surface area contributed by atoms with Crippen LogP contribution >= 0.6 is 0 Å². The van der Waals surface area contributed by atoms with Crippen molar-refractivity contribution >= 4 is 0 Å². The average molecular weight is 266 g/mol. The van der Waals surface area contributed by atoms with Crippen LogP contribution in [-0.2, 0) is 12.5 Å². The van der Waals surface area contributed by atoms with Gasteiger partial charge in [0.1, 0.15) is 0 Å². The van der Waals surface area contributed by atoms with Gasteiger partial charge < -0.3 is 9.84 Å². The zero-order valence-corrected chi connectivity index (χ0v) is 12.7. The highest BCUT2D eigenvalue weighted by atomic mass is 16.5. The second-order valence-corrected chi connectivity index (χ2v) is 6.50. The Morgan fingerprint density at radius 2 is 2.11 bits per heavy atom. The summed E-state index contributed by atoms with van der Waals surface area (Å²) >= 11 is 0. The molecule has 2 rings (SSSR count). The van der Waals surface area contributed by atoms with Gasteiger partial charge in [-0.2, -0.15) is 5.10 Å². The summed E-state index contributed by atoms with van der Waals surface area (Å²) < 4.78 is 7.31. The van der Waals surface area contributed by atoms with Crippen molar-refractivity contribution < 1.29 is 9.84 Å². The van der Waals surface area contributed by atoms with E-state index >= 15 is 0 Å². The first-order valence-corrected chi connectivity index (χ1v) is 7.12. The smallest absolute Gasteiger partial charge is 0.160 e. The van der Waals surface area contributed by atoms with Crippen molar-refractivity contribution in [2.75, 3.05) is 7.11 Å². The number of aromatic nitrogens is 2. The van der Waals surface area contributed by atoms with Gasteiger partial charge in [-0.1, -0.05) is 27.2 Å². The van der Waals surface area contributed by atoms with E-state index in [0.717, 1.165) is 24.3 Å². The minimum absolute atomic E-state index is 0.143. The Balaban J connectivity index is 2.33. The van der Waals surface area contributed by atoms with E-state index in [0.29, 0.717) is 5.92 Å². The Kier molecular flexibility index (Phi) is 3.90. The molecule has 4 nitrogen and oxygen atoms in total. The third-order valence-electron chi connectivity index (χ3n) is 4.74. The number of rotatable bonds is 3. The van der Waals surface area contributed by atoms with E-state index in [9.17, 15) is 5.11 Å². The Morgan fingerprint density at radius 1 is 1.42 bits per heavy atom. The van der Waals surface area contributed by atoms with E-state index in [4.69, 9.17) is 4.74 Å². The van der Waals surface area contributed by atoms with Crippen LogP contribution < -0.4 is 4.74 Å². The lowest BCUT2D eigenvalue weighted by Gasteiger charge is -2.42. The van der Waals surface area contributed by atoms with Gasteiger partial charge in [-0.15, -0.1) is 0 Å². The Labute approximate surface area is 115 Å². The fourth-order valence-corrected chi connectivity index (χ4v) is 3.67. The molecule has 1 aliphatic carbocycles. The largest absolute Gasteiger partial charge is 0.493 e. The van der Waals surface area contributed by atoms with E-state index < -0.39 is 0 Å². The van der Waals surface area contributed by atoms with Crippen molar-refractivity contribution in [2.45, 2.75) is 51.6 Å². The van der Waals surface area contributed by atoms with Crippen LogP contribution in [0.3, 0.4) is 0 Å². The molecular weight excluding hydrogens is 240 g/mol. The van der Waals surface area contributed by atoms with Gasteiger partial charge in [0.2, 0.25) is 0 Å². The summed E-state index contributed by atoms with van der Waals surface area (Å²) in [6.45, 7) is 6.60. The molecular formula is C15H26N2O2. The maximum Gasteiger partial charge on any atom is 0.160 e. The number of nitrogens with zero attached hydrogens (tertiary/aromatic N) is 2. The van der Waals surface area contributed by atoms with Gasteiger partial charge in [0.05, 0.1) is 25.1 Å². The second-order valence-electron chi connectivity index (χ2n) is 6.50. The fraction of sp³-hybridized carbons (Fsp3) is 0.800. The number of aliphatic hydroxyl groups is 1. The molecule has 1 aromatic heterocycles. The minimum Gasteiger partial charge on any atom is -0.493 e. The summed E-state index contributed by atoms with van der Waals surface area (Å²) in [5.74, 6) is 1.70. The lowest BCUT2D eigenvalue weighted by atomic mass is 9.66. The molecule has 1 N–H and O–H groups in total. The van der Waals surface area contributed by atoms with Crippen LogP contribution in [0.4, 0.5) is 0 Å². The molecule has 1 saturated carbocycles. The quantitative estimate of drug-likeness (QED) is 0.914. The van der Waals surface area contributed by atoms with Crippen molar-refractivity contribution in [3.8, 4) is 5.75 Å². The predicted octanol–water partition coefficient (Wildman–Crippen LogP) is 2.50. The lowest BCUT2D eigenvalue weighted by molar-refractivity contribution is 0.0118. The maximum absolute atomic E-state index is 10.5. The SMILES string of the molecule is COc1cnn(C)c1C(C)(C)C1CCC(C)CC1O. The molecule has 4 heteroatoms.